The largest absolute Gasteiger partial charge is 0.403 e. The van der Waals surface area contributed by atoms with Gasteiger partial charge in [-0.05, 0) is 79.2 Å². The molecule has 4 heteroatoms. The van der Waals surface area contributed by atoms with Crippen LogP contribution in [0.3, 0.4) is 0 Å². The third-order valence-electron chi connectivity index (χ3n) is 5.25. The summed E-state index contributed by atoms with van der Waals surface area (Å²) in [5, 5.41) is 2.50. The van der Waals surface area contributed by atoms with E-state index in [0.717, 1.165) is 34.7 Å². The molecule has 0 fully saturated rings. The highest BCUT2D eigenvalue weighted by molar-refractivity contribution is 6.12. The number of aryl methyl sites for hydroxylation is 1. The SMILES string of the molecule is [B]n1cccc1/C(CCN)=C1N=C(/C=C/c2cccc3ccc(C)cc23)C=C\1C. The fraction of sp³-hybridized carbons (Fsp3) is 0.160. The maximum Gasteiger partial charge on any atom is 0.234 e. The zero-order valence-electron chi connectivity index (χ0n) is 16.9. The van der Waals surface area contributed by atoms with Crippen LogP contribution in [0.25, 0.3) is 22.4 Å². The average molecular weight is 377 g/mol. The van der Waals surface area contributed by atoms with Gasteiger partial charge in [-0.1, -0.05) is 48.0 Å². The van der Waals surface area contributed by atoms with Gasteiger partial charge in [-0.3, -0.25) is 0 Å². The number of fused-ring (bicyclic) bond motifs is 1. The van der Waals surface area contributed by atoms with Crippen molar-refractivity contribution in [2.75, 3.05) is 6.54 Å². The van der Waals surface area contributed by atoms with Crippen LogP contribution in [0.5, 0.6) is 0 Å². The van der Waals surface area contributed by atoms with E-state index in [1.165, 1.54) is 21.9 Å². The maximum atomic E-state index is 6.08. The lowest BCUT2D eigenvalue weighted by atomic mass is 10.0. The van der Waals surface area contributed by atoms with Crippen molar-refractivity contribution in [3.8, 4) is 0 Å². The molecule has 3 aromatic rings. The number of hydrogen-bond acceptors (Lipinski definition) is 2. The standard InChI is InChI=1S/C25H24BN3/c1-17-8-9-19-5-3-6-20(23(19)15-17)10-11-21-16-18(2)25(28-21)22(12-13-27)24-7-4-14-29(24)26/h3-11,14-16H,12-13,27H2,1-2H3/b11-10+,25-22-. The van der Waals surface area contributed by atoms with Gasteiger partial charge in [0, 0.05) is 11.3 Å². The van der Waals surface area contributed by atoms with Gasteiger partial charge in [0.15, 0.2) is 0 Å². The van der Waals surface area contributed by atoms with Gasteiger partial charge in [0.05, 0.1) is 11.4 Å². The van der Waals surface area contributed by atoms with Crippen LogP contribution in [0, 0.1) is 6.92 Å². The minimum Gasteiger partial charge on any atom is -0.403 e. The van der Waals surface area contributed by atoms with Crippen molar-refractivity contribution in [1.29, 1.82) is 0 Å². The first-order chi connectivity index (χ1) is 14.1. The van der Waals surface area contributed by atoms with Crippen LogP contribution in [0.2, 0.25) is 0 Å². The Balaban J connectivity index is 1.72. The smallest absolute Gasteiger partial charge is 0.234 e. The van der Waals surface area contributed by atoms with Crippen molar-refractivity contribution < 1.29 is 0 Å². The molecule has 1 aromatic heterocycles. The summed E-state index contributed by atoms with van der Waals surface area (Å²) in [6.07, 6.45) is 8.90. The van der Waals surface area contributed by atoms with Crippen molar-refractivity contribution in [2.24, 2.45) is 10.7 Å². The molecule has 1 aliphatic rings. The van der Waals surface area contributed by atoms with E-state index in [4.69, 9.17) is 18.7 Å². The van der Waals surface area contributed by atoms with Gasteiger partial charge in [-0.2, -0.15) is 0 Å². The average Bonchev–Trinajstić information content (AvgIpc) is 3.30. The zero-order chi connectivity index (χ0) is 20.4. The second kappa shape index (κ2) is 8.10. The summed E-state index contributed by atoms with van der Waals surface area (Å²) in [7, 11) is 6.08. The Hall–Kier alpha value is -3.11. The predicted molar refractivity (Wildman–Crippen MR) is 125 cm³/mol. The predicted octanol–water partition coefficient (Wildman–Crippen LogP) is 5.06. The molecule has 0 amide bonds. The number of benzene rings is 2. The van der Waals surface area contributed by atoms with E-state index in [0.29, 0.717) is 6.54 Å². The van der Waals surface area contributed by atoms with E-state index in [-0.39, 0.29) is 0 Å². The number of nitrogens with two attached hydrogens (primary N) is 1. The van der Waals surface area contributed by atoms with Gasteiger partial charge >= 0.3 is 0 Å². The highest BCUT2D eigenvalue weighted by atomic mass is 14.9. The third-order valence-corrected chi connectivity index (χ3v) is 5.25. The maximum absolute atomic E-state index is 6.08. The number of rotatable bonds is 5. The highest BCUT2D eigenvalue weighted by Crippen LogP contribution is 2.31. The number of allylic oxidation sites excluding steroid dienone is 3. The lowest BCUT2D eigenvalue weighted by Crippen LogP contribution is -2.05. The summed E-state index contributed by atoms with van der Waals surface area (Å²) >= 11 is 0. The molecular formula is C25H24BN3. The Kier molecular flexibility index (Phi) is 5.37. The normalized spacial score (nSPS) is 15.8. The molecule has 0 bridgehead atoms. The van der Waals surface area contributed by atoms with Crippen molar-refractivity contribution in [1.82, 2.24) is 4.48 Å². The zero-order valence-corrected chi connectivity index (χ0v) is 16.9. The first-order valence-electron chi connectivity index (χ1n) is 9.87. The molecule has 2 heterocycles. The summed E-state index contributed by atoms with van der Waals surface area (Å²) in [5.74, 6) is 0. The Bertz CT molecular complexity index is 1190. The van der Waals surface area contributed by atoms with Crippen LogP contribution in [-0.2, 0) is 0 Å². The number of nitrogens with zero attached hydrogens (tertiary/aromatic N) is 2. The molecule has 0 atom stereocenters. The molecule has 0 saturated carbocycles. The number of aromatic nitrogens is 1. The molecule has 4 rings (SSSR count). The first-order valence-corrected chi connectivity index (χ1v) is 9.87. The van der Waals surface area contributed by atoms with Crippen LogP contribution in [0.4, 0.5) is 0 Å². The third kappa shape index (κ3) is 3.89. The molecule has 0 aliphatic carbocycles. The van der Waals surface area contributed by atoms with Gasteiger partial charge < -0.3 is 10.2 Å². The van der Waals surface area contributed by atoms with E-state index in [9.17, 15) is 0 Å². The lowest BCUT2D eigenvalue weighted by molar-refractivity contribution is 0.997. The van der Waals surface area contributed by atoms with Crippen molar-refractivity contribution >= 4 is 36.1 Å². The fourth-order valence-corrected chi connectivity index (χ4v) is 3.82. The van der Waals surface area contributed by atoms with E-state index >= 15 is 0 Å². The molecule has 142 valence electrons. The van der Waals surface area contributed by atoms with Crippen LogP contribution in [0.15, 0.2) is 83.1 Å². The summed E-state index contributed by atoms with van der Waals surface area (Å²) in [6.45, 7) is 4.75. The van der Waals surface area contributed by atoms with Crippen molar-refractivity contribution in [3.63, 3.8) is 0 Å². The van der Waals surface area contributed by atoms with Crippen LogP contribution in [0.1, 0.15) is 30.2 Å². The van der Waals surface area contributed by atoms with E-state index in [2.05, 4.69) is 68.5 Å². The van der Waals surface area contributed by atoms with Crippen LogP contribution >= 0.6 is 0 Å². The van der Waals surface area contributed by atoms with E-state index in [1.54, 1.807) is 4.48 Å². The molecule has 0 saturated heterocycles. The minimum atomic E-state index is 0.549. The van der Waals surface area contributed by atoms with Gasteiger partial charge in [-0.25, -0.2) is 4.99 Å². The van der Waals surface area contributed by atoms with Crippen LogP contribution < -0.4 is 5.73 Å². The van der Waals surface area contributed by atoms with Crippen molar-refractivity contribution in [2.45, 2.75) is 20.3 Å². The lowest BCUT2D eigenvalue weighted by Gasteiger charge is -2.11. The van der Waals surface area contributed by atoms with Gasteiger partial charge in [0.1, 0.15) is 0 Å². The number of aliphatic imine (C=N–C) groups is 1. The van der Waals surface area contributed by atoms with Gasteiger partial charge in [-0.15, -0.1) is 0 Å². The minimum absolute atomic E-state index is 0.549. The summed E-state index contributed by atoms with van der Waals surface area (Å²) in [5.41, 5.74) is 13.4. The molecule has 1 aliphatic heterocycles. The molecule has 2 radical (unpaired) electrons. The highest BCUT2D eigenvalue weighted by Gasteiger charge is 2.17. The van der Waals surface area contributed by atoms with Gasteiger partial charge in [0.25, 0.3) is 0 Å². The monoisotopic (exact) mass is 377 g/mol. The first kappa shape index (κ1) is 19.2. The molecule has 0 unspecified atom stereocenters. The molecule has 0 spiro atoms. The summed E-state index contributed by atoms with van der Waals surface area (Å²) < 4.78 is 1.63. The Morgan fingerprint density at radius 1 is 1.10 bits per heavy atom. The molecule has 29 heavy (non-hydrogen) atoms. The van der Waals surface area contributed by atoms with E-state index in [1.807, 2.05) is 18.3 Å². The summed E-state index contributed by atoms with van der Waals surface area (Å²) in [4.78, 5) is 4.89. The topological polar surface area (TPSA) is 43.3 Å². The molecule has 2 N–H and O–H groups in total. The molecule has 3 nitrogen and oxygen atoms in total. The fourth-order valence-electron chi connectivity index (χ4n) is 3.82. The van der Waals surface area contributed by atoms with Crippen LogP contribution in [-0.4, -0.2) is 24.7 Å². The second-order valence-electron chi connectivity index (χ2n) is 7.44. The Morgan fingerprint density at radius 2 is 1.97 bits per heavy atom. The Morgan fingerprint density at radius 3 is 2.72 bits per heavy atom. The summed E-state index contributed by atoms with van der Waals surface area (Å²) in [6, 6.07) is 16.9. The van der Waals surface area contributed by atoms with E-state index < -0.39 is 0 Å². The Labute approximate surface area is 173 Å². The van der Waals surface area contributed by atoms with Gasteiger partial charge in [0.2, 0.25) is 7.98 Å². The second-order valence-corrected chi connectivity index (χ2v) is 7.44. The molecular weight excluding hydrogens is 353 g/mol. The molecule has 2 aromatic carbocycles. The number of hydrogen-bond donors (Lipinski definition) is 1. The quantitative estimate of drug-likeness (QED) is 0.621. The van der Waals surface area contributed by atoms with Crippen molar-refractivity contribution in [3.05, 3.63) is 95.0 Å².